The van der Waals surface area contributed by atoms with Crippen molar-refractivity contribution >= 4 is 39.3 Å². The van der Waals surface area contributed by atoms with Gasteiger partial charge in [0.25, 0.3) is 5.56 Å². The fourth-order valence-electron chi connectivity index (χ4n) is 2.94. The first-order chi connectivity index (χ1) is 14.1. The molecule has 0 bridgehead atoms. The second-order valence-electron chi connectivity index (χ2n) is 6.30. The lowest BCUT2D eigenvalue weighted by Gasteiger charge is -2.03. The van der Waals surface area contributed by atoms with Gasteiger partial charge in [-0.3, -0.25) is 4.79 Å². The number of aromatic nitrogens is 2. The van der Waals surface area contributed by atoms with E-state index in [4.69, 9.17) is 4.42 Å². The van der Waals surface area contributed by atoms with Crippen LogP contribution in [0.4, 0.5) is 0 Å². The molecule has 1 aromatic carbocycles. The highest BCUT2D eigenvalue weighted by Crippen LogP contribution is 2.32. The van der Waals surface area contributed by atoms with Crippen LogP contribution < -0.4 is 5.56 Å². The maximum Gasteiger partial charge on any atom is 0.373 e. The summed E-state index contributed by atoms with van der Waals surface area (Å²) in [4.78, 5) is 32.3. The maximum atomic E-state index is 12.7. The topological polar surface area (TPSA) is 85.2 Å². The van der Waals surface area contributed by atoms with E-state index < -0.39 is 5.97 Å². The summed E-state index contributed by atoms with van der Waals surface area (Å²) in [5.41, 5.74) is 2.99. The van der Waals surface area contributed by atoms with Crippen LogP contribution in [0.25, 0.3) is 21.3 Å². The van der Waals surface area contributed by atoms with Crippen molar-refractivity contribution in [2.45, 2.75) is 24.3 Å². The number of thioether (sulfide) groups is 1. The third-order valence-corrected chi connectivity index (χ3v) is 6.26. The minimum Gasteiger partial charge on any atom is -0.463 e. The zero-order chi connectivity index (χ0) is 20.4. The summed E-state index contributed by atoms with van der Waals surface area (Å²) in [5.74, 6) is 0.660. The number of hydrogen-bond acceptors (Lipinski definition) is 7. The minimum absolute atomic E-state index is 0.150. The molecule has 0 aliphatic carbocycles. The Labute approximate surface area is 174 Å². The van der Waals surface area contributed by atoms with Gasteiger partial charge < -0.3 is 14.1 Å². The molecule has 0 aliphatic heterocycles. The molecule has 0 aliphatic rings. The Kier molecular flexibility index (Phi) is 5.55. The molecular formula is C21H18N2O4S2. The Morgan fingerprint density at radius 2 is 2.03 bits per heavy atom. The molecule has 0 saturated heterocycles. The lowest BCUT2D eigenvalue weighted by molar-refractivity contribution is 0.0563. The molecule has 0 spiro atoms. The molecule has 29 heavy (non-hydrogen) atoms. The first kappa shape index (κ1) is 19.5. The molecule has 4 aromatic rings. The Morgan fingerprint density at radius 1 is 1.24 bits per heavy atom. The van der Waals surface area contributed by atoms with E-state index in [1.54, 1.807) is 12.1 Å². The summed E-state index contributed by atoms with van der Waals surface area (Å²) in [7, 11) is 1.30. The fourth-order valence-corrected chi connectivity index (χ4v) is 4.70. The van der Waals surface area contributed by atoms with Gasteiger partial charge in [-0.2, -0.15) is 0 Å². The standard InChI is InChI=1S/C21H18N2O4S2/c1-3-12-4-6-13(7-5-12)15-11-28-19-17(15)18(24)22-21(23-19)29-10-14-8-9-16(27-14)20(25)26-2/h4-9,11H,3,10H2,1-2H3,(H,22,23,24). The Balaban J connectivity index is 1.57. The van der Waals surface area contributed by atoms with Crippen molar-refractivity contribution in [3.05, 3.63) is 69.2 Å². The van der Waals surface area contributed by atoms with E-state index in [2.05, 4.69) is 33.8 Å². The molecule has 0 fully saturated rings. The summed E-state index contributed by atoms with van der Waals surface area (Å²) in [5, 5.41) is 3.08. The third kappa shape index (κ3) is 3.99. The highest BCUT2D eigenvalue weighted by atomic mass is 32.2. The van der Waals surface area contributed by atoms with Crippen LogP contribution in [0.1, 0.15) is 28.8 Å². The SMILES string of the molecule is CCc1ccc(-c2csc3nc(SCc4ccc(C(=O)OC)o4)[nH]c(=O)c23)cc1. The first-order valence-corrected chi connectivity index (χ1v) is 10.9. The number of aryl methyl sites for hydroxylation is 1. The Bertz CT molecular complexity index is 1220. The molecule has 0 atom stereocenters. The predicted octanol–water partition coefficient (Wildman–Crippen LogP) is 4.89. The number of nitrogens with zero attached hydrogens (tertiary/aromatic N) is 1. The molecule has 4 rings (SSSR count). The molecule has 0 amide bonds. The van der Waals surface area contributed by atoms with Crippen LogP contribution in [0.2, 0.25) is 0 Å². The number of carbonyl (C=O) groups is 1. The van der Waals surface area contributed by atoms with E-state index in [0.717, 1.165) is 17.5 Å². The fraction of sp³-hybridized carbons (Fsp3) is 0.190. The number of carbonyl (C=O) groups excluding carboxylic acids is 1. The first-order valence-electron chi connectivity index (χ1n) is 8.99. The summed E-state index contributed by atoms with van der Waals surface area (Å²) >= 11 is 2.79. The van der Waals surface area contributed by atoms with Crippen molar-refractivity contribution in [2.24, 2.45) is 0 Å². The number of aromatic amines is 1. The van der Waals surface area contributed by atoms with Crippen molar-refractivity contribution in [2.75, 3.05) is 7.11 Å². The van der Waals surface area contributed by atoms with Crippen LogP contribution in [0, 0.1) is 0 Å². The molecule has 6 nitrogen and oxygen atoms in total. The van der Waals surface area contributed by atoms with Gasteiger partial charge >= 0.3 is 5.97 Å². The Hall–Kier alpha value is -2.84. The smallest absolute Gasteiger partial charge is 0.373 e. The second kappa shape index (κ2) is 8.26. The van der Waals surface area contributed by atoms with Gasteiger partial charge in [-0.15, -0.1) is 11.3 Å². The average molecular weight is 427 g/mol. The van der Waals surface area contributed by atoms with E-state index in [1.807, 2.05) is 17.5 Å². The molecule has 0 saturated carbocycles. The number of ether oxygens (including phenoxy) is 1. The lowest BCUT2D eigenvalue weighted by Crippen LogP contribution is -2.08. The molecule has 3 aromatic heterocycles. The second-order valence-corrected chi connectivity index (χ2v) is 8.12. The predicted molar refractivity (Wildman–Crippen MR) is 115 cm³/mol. The molecule has 0 radical (unpaired) electrons. The molecular weight excluding hydrogens is 408 g/mol. The number of furan rings is 1. The highest BCUT2D eigenvalue weighted by molar-refractivity contribution is 7.98. The minimum atomic E-state index is -0.521. The van der Waals surface area contributed by atoms with Crippen LogP contribution in [-0.2, 0) is 16.9 Å². The van der Waals surface area contributed by atoms with Crippen molar-refractivity contribution in [1.29, 1.82) is 0 Å². The largest absolute Gasteiger partial charge is 0.463 e. The van der Waals surface area contributed by atoms with Crippen LogP contribution in [0.3, 0.4) is 0 Å². The van der Waals surface area contributed by atoms with Crippen molar-refractivity contribution < 1.29 is 13.9 Å². The van der Waals surface area contributed by atoms with Crippen LogP contribution in [-0.4, -0.2) is 23.0 Å². The number of hydrogen-bond donors (Lipinski definition) is 1. The monoisotopic (exact) mass is 426 g/mol. The van der Waals surface area contributed by atoms with Gasteiger partial charge in [0.05, 0.1) is 18.2 Å². The van der Waals surface area contributed by atoms with Gasteiger partial charge in [-0.05, 0) is 29.7 Å². The van der Waals surface area contributed by atoms with Gasteiger partial charge in [0, 0.05) is 10.9 Å². The average Bonchev–Trinajstić information content (AvgIpc) is 3.39. The number of fused-ring (bicyclic) bond motifs is 1. The normalized spacial score (nSPS) is 11.1. The number of esters is 1. The van der Waals surface area contributed by atoms with Crippen molar-refractivity contribution in [3.63, 3.8) is 0 Å². The van der Waals surface area contributed by atoms with Gasteiger partial charge in [-0.1, -0.05) is 43.0 Å². The van der Waals surface area contributed by atoms with E-state index in [1.165, 1.54) is 35.8 Å². The van der Waals surface area contributed by atoms with E-state index in [-0.39, 0.29) is 11.3 Å². The van der Waals surface area contributed by atoms with E-state index >= 15 is 0 Å². The summed E-state index contributed by atoms with van der Waals surface area (Å²) in [6.07, 6.45) is 0.976. The quantitative estimate of drug-likeness (QED) is 0.269. The Morgan fingerprint density at radius 3 is 2.76 bits per heavy atom. The number of H-pyrrole nitrogens is 1. The molecule has 148 valence electrons. The molecule has 3 heterocycles. The zero-order valence-corrected chi connectivity index (χ0v) is 17.5. The van der Waals surface area contributed by atoms with Crippen molar-refractivity contribution in [1.82, 2.24) is 9.97 Å². The van der Waals surface area contributed by atoms with Crippen LogP contribution >= 0.6 is 23.1 Å². The van der Waals surface area contributed by atoms with E-state index in [9.17, 15) is 9.59 Å². The molecule has 0 unspecified atom stereocenters. The molecule has 8 heteroatoms. The number of rotatable bonds is 6. The summed E-state index contributed by atoms with van der Waals surface area (Å²) in [6, 6.07) is 11.5. The number of thiophene rings is 1. The number of nitrogens with one attached hydrogen (secondary N) is 1. The number of methoxy groups -OCH3 is 1. The van der Waals surface area contributed by atoms with Crippen LogP contribution in [0.15, 0.2) is 56.1 Å². The highest BCUT2D eigenvalue weighted by Gasteiger charge is 2.15. The van der Waals surface area contributed by atoms with E-state index in [0.29, 0.717) is 26.9 Å². The van der Waals surface area contributed by atoms with Crippen LogP contribution in [0.5, 0.6) is 0 Å². The van der Waals surface area contributed by atoms with Gasteiger partial charge in [0.15, 0.2) is 5.16 Å². The maximum absolute atomic E-state index is 12.7. The van der Waals surface area contributed by atoms with Gasteiger partial charge in [-0.25, -0.2) is 9.78 Å². The number of benzene rings is 1. The third-order valence-electron chi connectivity index (χ3n) is 4.49. The van der Waals surface area contributed by atoms with Crippen molar-refractivity contribution in [3.8, 4) is 11.1 Å². The molecule has 1 N–H and O–H groups in total. The van der Waals surface area contributed by atoms with Gasteiger partial charge in [0.1, 0.15) is 10.6 Å². The summed E-state index contributed by atoms with van der Waals surface area (Å²) < 4.78 is 10.1. The zero-order valence-electron chi connectivity index (χ0n) is 15.9. The summed E-state index contributed by atoms with van der Waals surface area (Å²) in [6.45, 7) is 2.11. The lowest BCUT2D eigenvalue weighted by atomic mass is 10.0. The van der Waals surface area contributed by atoms with Gasteiger partial charge in [0.2, 0.25) is 5.76 Å².